The molecular weight excluding hydrogens is 861 g/mol. The molecule has 0 N–H and O–H groups in total. The summed E-state index contributed by atoms with van der Waals surface area (Å²) >= 11 is -1.77. The van der Waals surface area contributed by atoms with E-state index < -0.39 is 13.3 Å². The summed E-state index contributed by atoms with van der Waals surface area (Å²) in [6.07, 6.45) is 3.96. The van der Waals surface area contributed by atoms with Crippen LogP contribution in [0.1, 0.15) is 29.5 Å². The van der Waals surface area contributed by atoms with Gasteiger partial charge in [0.05, 0.1) is 5.58 Å². The Bertz CT molecular complexity index is 2380. The molecule has 0 saturated heterocycles. The summed E-state index contributed by atoms with van der Waals surface area (Å²) < 4.78 is 7.90. The van der Waals surface area contributed by atoms with Crippen molar-refractivity contribution >= 4 is 39.6 Å². The van der Waals surface area contributed by atoms with Crippen LogP contribution in [0.5, 0.6) is 0 Å². The number of aromatic nitrogens is 2. The van der Waals surface area contributed by atoms with Gasteiger partial charge in [0.2, 0.25) is 0 Å². The van der Waals surface area contributed by atoms with E-state index in [2.05, 4.69) is 163 Å². The molecule has 3 aromatic heterocycles. The molecule has 0 spiro atoms. The largest absolute Gasteiger partial charge is 0 e. The zero-order valence-electron chi connectivity index (χ0n) is 29.6. The topological polar surface area (TPSA) is 38.9 Å². The fourth-order valence-electron chi connectivity index (χ4n) is 6.57. The monoisotopic (exact) mass is 903 g/mol. The molecule has 3 heterocycles. The second-order valence-electron chi connectivity index (χ2n) is 13.8. The van der Waals surface area contributed by atoms with Crippen LogP contribution in [0.15, 0.2) is 150 Å². The second-order valence-corrected chi connectivity index (χ2v) is 24.4. The molecule has 0 bridgehead atoms. The van der Waals surface area contributed by atoms with Gasteiger partial charge in [-0.05, 0) is 40.1 Å². The molecule has 1 unspecified atom stereocenters. The average Bonchev–Trinajstić information content (AvgIpc) is 3.53. The number of hydrogen-bond acceptors (Lipinski definition) is 3. The summed E-state index contributed by atoms with van der Waals surface area (Å²) in [6, 6.07) is 52.4. The minimum Gasteiger partial charge on any atom is 0 e. The van der Waals surface area contributed by atoms with Crippen LogP contribution in [0.4, 0.5) is 0 Å². The Morgan fingerprint density at radius 3 is 2.10 bits per heavy atom. The minimum absolute atomic E-state index is 0. The maximum absolute atomic E-state index is 6.41. The third kappa shape index (κ3) is 8.00. The van der Waals surface area contributed by atoms with Crippen molar-refractivity contribution < 1.29 is 24.5 Å². The zero-order valence-corrected chi connectivity index (χ0v) is 34.1. The zero-order chi connectivity index (χ0) is 34.7. The van der Waals surface area contributed by atoms with Crippen molar-refractivity contribution in [3.8, 4) is 33.6 Å². The van der Waals surface area contributed by atoms with Crippen molar-refractivity contribution in [1.29, 1.82) is 0 Å². The van der Waals surface area contributed by atoms with Gasteiger partial charge in [0, 0.05) is 37.6 Å². The number of furan rings is 1. The number of pyridine rings is 2. The number of hydrogen-bond donors (Lipinski definition) is 0. The Hall–Kier alpha value is -4.61. The van der Waals surface area contributed by atoms with Gasteiger partial charge in [0.25, 0.3) is 0 Å². The Balaban J connectivity index is 0.000000211. The third-order valence-electron chi connectivity index (χ3n) is 9.28. The van der Waals surface area contributed by atoms with Gasteiger partial charge in [0.15, 0.2) is 0 Å². The Labute approximate surface area is 317 Å². The maximum Gasteiger partial charge on any atom is 0 e. The molecule has 5 aromatic carbocycles. The third-order valence-corrected chi connectivity index (χ3v) is 13.8. The van der Waals surface area contributed by atoms with E-state index >= 15 is 0 Å². The Morgan fingerprint density at radius 1 is 0.647 bits per heavy atom. The molecular formula is C46H40GeIrN2O-2. The fourth-order valence-corrected chi connectivity index (χ4v) is 10.2. The van der Waals surface area contributed by atoms with Crippen LogP contribution in [-0.2, 0) is 20.1 Å². The van der Waals surface area contributed by atoms with E-state index in [-0.39, 0.29) is 26.0 Å². The molecule has 3 nitrogen and oxygen atoms in total. The van der Waals surface area contributed by atoms with Gasteiger partial charge < -0.3 is 9.40 Å². The van der Waals surface area contributed by atoms with E-state index in [0.29, 0.717) is 0 Å². The van der Waals surface area contributed by atoms with Gasteiger partial charge in [-0.3, -0.25) is 0 Å². The molecule has 8 rings (SSSR count). The summed E-state index contributed by atoms with van der Waals surface area (Å²) in [4.78, 5) is 9.27. The van der Waals surface area contributed by atoms with Crippen molar-refractivity contribution in [2.24, 2.45) is 0 Å². The summed E-state index contributed by atoms with van der Waals surface area (Å²) in [5.74, 6) is 7.48. The Morgan fingerprint density at radius 2 is 1.39 bits per heavy atom. The first-order valence-corrected chi connectivity index (χ1v) is 24.5. The number of rotatable bonds is 6. The fraction of sp³-hybridized carbons (Fsp3) is 0.130. The van der Waals surface area contributed by atoms with Crippen LogP contribution in [0.25, 0.3) is 55.6 Å². The molecule has 8 aromatic rings. The molecule has 0 aliphatic rings. The molecule has 5 heteroatoms. The first-order chi connectivity index (χ1) is 24.3. The van der Waals surface area contributed by atoms with Crippen LogP contribution in [0.3, 0.4) is 0 Å². The van der Waals surface area contributed by atoms with Crippen molar-refractivity contribution in [3.63, 3.8) is 0 Å². The van der Waals surface area contributed by atoms with Gasteiger partial charge in [-0.1, -0.05) is 96.7 Å². The van der Waals surface area contributed by atoms with E-state index in [1.165, 1.54) is 26.6 Å². The quantitative estimate of drug-likeness (QED) is 0.123. The molecule has 1 radical (unpaired) electrons. The van der Waals surface area contributed by atoms with Gasteiger partial charge in [-0.25, -0.2) is 0 Å². The molecule has 0 aliphatic carbocycles. The predicted octanol–water partition coefficient (Wildman–Crippen LogP) is 11.7. The maximum atomic E-state index is 6.41. The molecule has 1 atom stereocenters. The Kier molecular flexibility index (Phi) is 11.2. The van der Waals surface area contributed by atoms with Crippen LogP contribution >= 0.6 is 0 Å². The summed E-state index contributed by atoms with van der Waals surface area (Å²) in [6.45, 7) is 4.42. The van der Waals surface area contributed by atoms with Gasteiger partial charge in [0.1, 0.15) is 5.58 Å². The van der Waals surface area contributed by atoms with E-state index in [4.69, 9.17) is 4.42 Å². The summed E-state index contributed by atoms with van der Waals surface area (Å²) in [7, 11) is 0. The SMILES string of the molecule is CC(c1ccccc1)c1ccnc(-c2[c-]ccc3c2oc2cc(-c4ccccc4)ccc23)c1.Cc1cc(-c2[c-]cccc2)nc[c]1[Ge]([CH3])([CH3])[CH3].[Ir]. The van der Waals surface area contributed by atoms with E-state index in [1.54, 1.807) is 0 Å². The van der Waals surface area contributed by atoms with Crippen molar-refractivity contribution in [2.75, 3.05) is 0 Å². The smallest absolute Gasteiger partial charge is 0 e. The van der Waals surface area contributed by atoms with E-state index in [1.807, 2.05) is 36.5 Å². The van der Waals surface area contributed by atoms with Crippen LogP contribution in [0, 0.1) is 19.1 Å². The first-order valence-electron chi connectivity index (χ1n) is 17.1. The number of fused-ring (bicyclic) bond motifs is 3. The van der Waals surface area contributed by atoms with Crippen molar-refractivity contribution in [1.82, 2.24) is 9.97 Å². The number of nitrogens with zero attached hydrogens (tertiary/aromatic N) is 2. The standard InChI is InChI=1S/C31H22NO.C15H18GeN.Ir/c1-21(22-9-4-2-5-10-22)24-17-18-32-29(19-24)28-14-8-13-27-26-16-15-25(20-30(26)33-31(27)28)23-11-6-3-7-12-23;1-12-10-15(13-8-6-5-7-9-13)17-11-14(12)16(2,3)4;/h2-13,15-21H,1H3;5-8,10-11H,1-4H3;/q2*-1;. The number of benzene rings is 5. The molecule has 0 fully saturated rings. The first kappa shape index (κ1) is 36.2. The molecule has 255 valence electrons. The van der Waals surface area contributed by atoms with Crippen LogP contribution in [0.2, 0.25) is 17.3 Å². The molecule has 0 aliphatic heterocycles. The van der Waals surface area contributed by atoms with Gasteiger partial charge >= 0.3 is 106 Å². The molecule has 51 heavy (non-hydrogen) atoms. The predicted molar refractivity (Wildman–Crippen MR) is 211 cm³/mol. The van der Waals surface area contributed by atoms with E-state index in [0.717, 1.165) is 50.0 Å². The number of aryl methyl sites for hydroxylation is 1. The van der Waals surface area contributed by atoms with E-state index in [9.17, 15) is 0 Å². The summed E-state index contributed by atoms with van der Waals surface area (Å²) in [5, 5.41) is 2.19. The normalized spacial score (nSPS) is 11.8. The second kappa shape index (κ2) is 15.7. The van der Waals surface area contributed by atoms with Crippen molar-refractivity contribution in [2.45, 2.75) is 37.0 Å². The average molecular weight is 902 g/mol. The van der Waals surface area contributed by atoms with Crippen molar-refractivity contribution in [3.05, 3.63) is 175 Å². The molecule has 0 amide bonds. The summed E-state index contributed by atoms with van der Waals surface area (Å²) in [5.41, 5.74) is 11.8. The minimum atomic E-state index is -1.77. The molecule has 0 saturated carbocycles. The van der Waals surface area contributed by atoms with Crippen LogP contribution < -0.4 is 4.40 Å². The van der Waals surface area contributed by atoms with Gasteiger partial charge in [-0.2, -0.15) is 0 Å². The van der Waals surface area contributed by atoms with Gasteiger partial charge in [-0.15, -0.1) is 18.2 Å². The van der Waals surface area contributed by atoms with Crippen LogP contribution in [-0.4, -0.2) is 23.2 Å².